The summed E-state index contributed by atoms with van der Waals surface area (Å²) in [7, 11) is 0. The highest BCUT2D eigenvalue weighted by Crippen LogP contribution is 2.43. The van der Waals surface area contributed by atoms with Crippen LogP contribution in [0.15, 0.2) is 48.5 Å². The molecule has 0 radical (unpaired) electrons. The van der Waals surface area contributed by atoms with Gasteiger partial charge in [0, 0.05) is 12.8 Å². The fourth-order valence-corrected chi connectivity index (χ4v) is 2.41. The van der Waals surface area contributed by atoms with Crippen LogP contribution in [-0.4, -0.2) is 11.1 Å². The zero-order valence-electron chi connectivity index (χ0n) is 12.6. The lowest BCUT2D eigenvalue weighted by Crippen LogP contribution is -1.87. The van der Waals surface area contributed by atoms with E-state index in [0.29, 0.717) is 5.92 Å². The van der Waals surface area contributed by atoms with Crippen molar-refractivity contribution in [3.05, 3.63) is 59.7 Å². The molecule has 1 N–H and O–H groups in total. The highest BCUT2D eigenvalue weighted by Gasteiger charge is 2.23. The molecule has 0 fully saturated rings. The van der Waals surface area contributed by atoms with E-state index < -0.39 is 5.97 Å². The van der Waals surface area contributed by atoms with Crippen LogP contribution in [0.3, 0.4) is 0 Å². The highest BCUT2D eigenvalue weighted by atomic mass is 16.4. The van der Waals surface area contributed by atoms with E-state index in [0.717, 1.165) is 6.92 Å². The maximum absolute atomic E-state index is 9.00. The van der Waals surface area contributed by atoms with Crippen molar-refractivity contribution in [2.45, 2.75) is 33.6 Å². The van der Waals surface area contributed by atoms with Gasteiger partial charge in [-0.3, -0.25) is 4.79 Å². The van der Waals surface area contributed by atoms with Gasteiger partial charge in [0.15, 0.2) is 0 Å². The number of rotatable bonds is 0. The van der Waals surface area contributed by atoms with E-state index in [1.54, 1.807) is 0 Å². The van der Waals surface area contributed by atoms with E-state index >= 15 is 0 Å². The SMILES string of the molecule is CC.CC(=O)O.CC1c2ccccc2-c2ccccc21. The van der Waals surface area contributed by atoms with Gasteiger partial charge in [0.2, 0.25) is 0 Å². The van der Waals surface area contributed by atoms with Crippen LogP contribution in [0.4, 0.5) is 0 Å². The van der Waals surface area contributed by atoms with Crippen molar-refractivity contribution in [3.63, 3.8) is 0 Å². The van der Waals surface area contributed by atoms with Gasteiger partial charge in [-0.1, -0.05) is 69.3 Å². The van der Waals surface area contributed by atoms with Crippen molar-refractivity contribution in [3.8, 4) is 11.1 Å². The molecule has 0 aliphatic heterocycles. The zero-order chi connectivity index (χ0) is 15.1. The molecule has 2 aromatic rings. The van der Waals surface area contributed by atoms with Crippen LogP contribution in [0.25, 0.3) is 11.1 Å². The maximum Gasteiger partial charge on any atom is 0.300 e. The van der Waals surface area contributed by atoms with E-state index in [4.69, 9.17) is 9.90 Å². The summed E-state index contributed by atoms with van der Waals surface area (Å²) in [6, 6.07) is 17.4. The molecule has 0 spiro atoms. The first-order valence-corrected chi connectivity index (χ1v) is 6.99. The van der Waals surface area contributed by atoms with Gasteiger partial charge in [-0.15, -0.1) is 0 Å². The van der Waals surface area contributed by atoms with Crippen molar-refractivity contribution >= 4 is 5.97 Å². The van der Waals surface area contributed by atoms with Gasteiger partial charge >= 0.3 is 0 Å². The molecule has 1 aliphatic rings. The fourth-order valence-electron chi connectivity index (χ4n) is 2.41. The molecule has 2 heteroatoms. The summed E-state index contributed by atoms with van der Waals surface area (Å²) in [5.74, 6) is -0.276. The number of hydrogen-bond acceptors (Lipinski definition) is 1. The molecule has 0 heterocycles. The fraction of sp³-hybridized carbons (Fsp3) is 0.278. The van der Waals surface area contributed by atoms with Crippen molar-refractivity contribution < 1.29 is 9.90 Å². The third kappa shape index (κ3) is 3.47. The summed E-state index contributed by atoms with van der Waals surface area (Å²) in [5.41, 5.74) is 5.76. The van der Waals surface area contributed by atoms with E-state index in [2.05, 4.69) is 55.5 Å². The molecule has 0 saturated carbocycles. The Hall–Kier alpha value is -2.09. The number of carboxylic acid groups (broad SMARTS) is 1. The van der Waals surface area contributed by atoms with E-state index in [-0.39, 0.29) is 0 Å². The molecule has 1 aliphatic carbocycles. The Morgan fingerprint density at radius 1 is 0.900 bits per heavy atom. The Morgan fingerprint density at radius 2 is 1.20 bits per heavy atom. The quantitative estimate of drug-likeness (QED) is 0.736. The van der Waals surface area contributed by atoms with E-state index in [9.17, 15) is 0 Å². The zero-order valence-corrected chi connectivity index (χ0v) is 12.6. The van der Waals surface area contributed by atoms with E-state index in [1.165, 1.54) is 22.3 Å². The summed E-state index contributed by atoms with van der Waals surface area (Å²) in [6.07, 6.45) is 0. The van der Waals surface area contributed by atoms with Gasteiger partial charge in [-0.25, -0.2) is 0 Å². The van der Waals surface area contributed by atoms with E-state index in [1.807, 2.05) is 13.8 Å². The lowest BCUT2D eigenvalue weighted by molar-refractivity contribution is -0.134. The second-order valence-corrected chi connectivity index (χ2v) is 4.42. The summed E-state index contributed by atoms with van der Waals surface area (Å²) < 4.78 is 0. The average molecular weight is 270 g/mol. The van der Waals surface area contributed by atoms with Gasteiger partial charge in [0.05, 0.1) is 0 Å². The first-order valence-electron chi connectivity index (χ1n) is 6.99. The molecule has 2 aromatic carbocycles. The van der Waals surface area contributed by atoms with Crippen molar-refractivity contribution in [2.75, 3.05) is 0 Å². The van der Waals surface area contributed by atoms with Crippen molar-refractivity contribution in [1.29, 1.82) is 0 Å². The molecular weight excluding hydrogens is 248 g/mol. The lowest BCUT2D eigenvalue weighted by Gasteiger charge is -2.04. The van der Waals surface area contributed by atoms with Crippen LogP contribution >= 0.6 is 0 Å². The van der Waals surface area contributed by atoms with Crippen molar-refractivity contribution in [2.24, 2.45) is 0 Å². The van der Waals surface area contributed by atoms with Gasteiger partial charge in [0.1, 0.15) is 0 Å². The first kappa shape index (κ1) is 16.0. The minimum Gasteiger partial charge on any atom is -0.481 e. The number of hydrogen-bond donors (Lipinski definition) is 1. The van der Waals surface area contributed by atoms with Crippen LogP contribution in [0.1, 0.15) is 44.7 Å². The molecule has 0 atom stereocenters. The second-order valence-electron chi connectivity index (χ2n) is 4.42. The third-order valence-electron chi connectivity index (χ3n) is 3.14. The minimum atomic E-state index is -0.833. The van der Waals surface area contributed by atoms with Crippen LogP contribution in [0.2, 0.25) is 0 Å². The van der Waals surface area contributed by atoms with Crippen molar-refractivity contribution in [1.82, 2.24) is 0 Å². The maximum atomic E-state index is 9.00. The topological polar surface area (TPSA) is 37.3 Å². The number of aliphatic carboxylic acids is 1. The van der Waals surface area contributed by atoms with Crippen LogP contribution in [0, 0.1) is 0 Å². The lowest BCUT2D eigenvalue weighted by atomic mass is 10.00. The molecule has 106 valence electrons. The molecular formula is C18H22O2. The average Bonchev–Trinajstić information content (AvgIpc) is 2.75. The summed E-state index contributed by atoms with van der Waals surface area (Å²) in [6.45, 7) is 7.37. The van der Waals surface area contributed by atoms with Gasteiger partial charge in [-0.05, 0) is 22.3 Å². The molecule has 0 unspecified atom stereocenters. The molecule has 0 bridgehead atoms. The predicted octanol–water partition coefficient (Wildman–Crippen LogP) is 4.94. The number of fused-ring (bicyclic) bond motifs is 3. The summed E-state index contributed by atoms with van der Waals surface area (Å²) in [5, 5.41) is 7.42. The number of carboxylic acids is 1. The van der Waals surface area contributed by atoms with Gasteiger partial charge in [-0.2, -0.15) is 0 Å². The highest BCUT2D eigenvalue weighted by molar-refractivity contribution is 5.78. The third-order valence-corrected chi connectivity index (χ3v) is 3.14. The Morgan fingerprint density at radius 3 is 1.55 bits per heavy atom. The van der Waals surface area contributed by atoms with Gasteiger partial charge < -0.3 is 5.11 Å². The monoisotopic (exact) mass is 270 g/mol. The number of benzene rings is 2. The van der Waals surface area contributed by atoms with Crippen LogP contribution in [-0.2, 0) is 4.79 Å². The van der Waals surface area contributed by atoms with Crippen LogP contribution < -0.4 is 0 Å². The summed E-state index contributed by atoms with van der Waals surface area (Å²) >= 11 is 0. The van der Waals surface area contributed by atoms with Crippen LogP contribution in [0.5, 0.6) is 0 Å². The first-order chi connectivity index (χ1) is 9.61. The Kier molecular flexibility index (Phi) is 5.98. The largest absolute Gasteiger partial charge is 0.481 e. The molecule has 20 heavy (non-hydrogen) atoms. The molecule has 0 saturated heterocycles. The normalized spacial score (nSPS) is 11.2. The van der Waals surface area contributed by atoms with Gasteiger partial charge in [0.25, 0.3) is 5.97 Å². The Bertz CT molecular complexity index is 524. The Labute approximate surface area is 121 Å². The molecule has 3 rings (SSSR count). The standard InChI is InChI=1S/C14H12.C2H4O2.C2H6/c1-10-11-6-2-4-8-13(11)14-9-5-3-7-12(10)14;1-2(3)4;1-2/h2-10H,1H3;1H3,(H,3,4);1-2H3. The molecule has 0 amide bonds. The Balaban J connectivity index is 0.000000291. The summed E-state index contributed by atoms with van der Waals surface area (Å²) in [4.78, 5) is 9.00. The minimum absolute atomic E-state index is 0.558. The predicted molar refractivity (Wildman–Crippen MR) is 84.1 cm³/mol. The molecule has 0 aromatic heterocycles. The second kappa shape index (κ2) is 7.49. The molecule has 2 nitrogen and oxygen atoms in total. The number of carbonyl (C=O) groups is 1. The smallest absolute Gasteiger partial charge is 0.300 e.